The van der Waals surface area contributed by atoms with Gasteiger partial charge in [-0.15, -0.1) is 0 Å². The Balaban J connectivity index is 1.89. The number of ether oxygens (including phenoxy) is 3. The highest BCUT2D eigenvalue weighted by Crippen LogP contribution is 2.44. The van der Waals surface area contributed by atoms with Gasteiger partial charge in [-0.25, -0.2) is 0 Å². The van der Waals surface area contributed by atoms with E-state index in [2.05, 4.69) is 48.5 Å². The summed E-state index contributed by atoms with van der Waals surface area (Å²) in [6.07, 6.45) is 4.39. The maximum atomic E-state index is 7.12. The van der Waals surface area contributed by atoms with Gasteiger partial charge in [-0.05, 0) is 66.6 Å². The maximum absolute atomic E-state index is 7.12. The molecule has 1 fully saturated rings. The van der Waals surface area contributed by atoms with Crippen LogP contribution in [0.25, 0.3) is 0 Å². The van der Waals surface area contributed by atoms with Crippen molar-refractivity contribution >= 4 is 12.6 Å². The molecule has 0 saturated heterocycles. The maximum Gasteiger partial charge on any atom is 0.144 e. The van der Waals surface area contributed by atoms with Crippen molar-refractivity contribution in [1.82, 2.24) is 0 Å². The van der Waals surface area contributed by atoms with E-state index >= 15 is 0 Å². The first kappa shape index (κ1) is 21.8. The van der Waals surface area contributed by atoms with Gasteiger partial charge in [-0.1, -0.05) is 54.6 Å². The van der Waals surface area contributed by atoms with Crippen molar-refractivity contribution in [2.75, 3.05) is 14.2 Å². The van der Waals surface area contributed by atoms with Crippen LogP contribution in [0.4, 0.5) is 0 Å². The van der Waals surface area contributed by atoms with Crippen molar-refractivity contribution in [2.24, 2.45) is 0 Å². The van der Waals surface area contributed by atoms with E-state index in [0.717, 1.165) is 53.9 Å². The van der Waals surface area contributed by atoms with Crippen molar-refractivity contribution in [3.63, 3.8) is 0 Å². The molecule has 2 unspecified atom stereocenters. The predicted molar refractivity (Wildman–Crippen MR) is 128 cm³/mol. The van der Waals surface area contributed by atoms with Crippen LogP contribution in [0.15, 0.2) is 78.9 Å². The van der Waals surface area contributed by atoms with Gasteiger partial charge in [-0.3, -0.25) is 0 Å². The lowest BCUT2D eigenvalue weighted by Gasteiger charge is -2.41. The second kappa shape index (κ2) is 9.80. The average molecular weight is 435 g/mol. The van der Waals surface area contributed by atoms with Crippen LogP contribution in [0.3, 0.4) is 0 Å². The Labute approximate surface area is 190 Å². The molecule has 0 heterocycles. The van der Waals surface area contributed by atoms with Gasteiger partial charge < -0.3 is 14.2 Å². The molecule has 0 N–H and O–H groups in total. The molecule has 1 saturated carbocycles. The minimum Gasteiger partial charge on any atom is -0.497 e. The summed E-state index contributed by atoms with van der Waals surface area (Å²) < 4.78 is 18.0. The van der Waals surface area contributed by atoms with Crippen molar-refractivity contribution in [1.29, 1.82) is 0 Å². The first-order chi connectivity index (χ1) is 15.2. The fourth-order valence-corrected chi connectivity index (χ4v) is 4.92. The SMILES string of the molecule is COc1ccc(C(OC2CCCC(S)C2)(c2ccccc2)c2ccc(OC)cc2)cc1. The fraction of sp³-hybridized carbons (Fsp3) is 0.333. The highest BCUT2D eigenvalue weighted by molar-refractivity contribution is 7.80. The highest BCUT2D eigenvalue weighted by atomic mass is 32.1. The molecule has 0 aliphatic heterocycles. The molecule has 162 valence electrons. The van der Waals surface area contributed by atoms with E-state index in [4.69, 9.17) is 26.8 Å². The summed E-state index contributed by atoms with van der Waals surface area (Å²) >= 11 is 4.77. The fourth-order valence-electron chi connectivity index (χ4n) is 4.51. The van der Waals surface area contributed by atoms with Gasteiger partial charge in [-0.2, -0.15) is 12.6 Å². The van der Waals surface area contributed by atoms with Gasteiger partial charge in [0, 0.05) is 5.25 Å². The predicted octanol–water partition coefficient (Wildman–Crippen LogP) is 6.25. The van der Waals surface area contributed by atoms with Crippen LogP contribution in [0.2, 0.25) is 0 Å². The number of hydrogen-bond acceptors (Lipinski definition) is 4. The molecule has 0 amide bonds. The van der Waals surface area contributed by atoms with E-state index < -0.39 is 5.60 Å². The summed E-state index contributed by atoms with van der Waals surface area (Å²) in [6.45, 7) is 0. The Morgan fingerprint density at radius 1 is 0.710 bits per heavy atom. The molecule has 1 aliphatic carbocycles. The summed E-state index contributed by atoms with van der Waals surface area (Å²) in [5, 5.41) is 0.374. The first-order valence-electron chi connectivity index (χ1n) is 10.9. The average Bonchev–Trinajstić information content (AvgIpc) is 2.83. The molecular formula is C27H30O3S. The number of benzene rings is 3. The van der Waals surface area contributed by atoms with Crippen molar-refractivity contribution < 1.29 is 14.2 Å². The molecule has 0 bridgehead atoms. The zero-order chi connectivity index (χ0) is 21.7. The highest BCUT2D eigenvalue weighted by Gasteiger charge is 2.40. The summed E-state index contributed by atoms with van der Waals surface area (Å²) in [6, 6.07) is 26.9. The smallest absolute Gasteiger partial charge is 0.144 e. The zero-order valence-corrected chi connectivity index (χ0v) is 19.1. The van der Waals surface area contributed by atoms with Crippen molar-refractivity contribution in [3.8, 4) is 11.5 Å². The molecule has 3 aromatic carbocycles. The monoisotopic (exact) mass is 434 g/mol. The lowest BCUT2D eigenvalue weighted by Crippen LogP contribution is -2.39. The van der Waals surface area contributed by atoms with Crippen LogP contribution in [-0.4, -0.2) is 25.6 Å². The van der Waals surface area contributed by atoms with E-state index in [1.54, 1.807) is 14.2 Å². The Hall–Kier alpha value is -2.43. The van der Waals surface area contributed by atoms with Gasteiger partial charge in [0.05, 0.1) is 20.3 Å². The van der Waals surface area contributed by atoms with Gasteiger partial charge in [0.25, 0.3) is 0 Å². The Bertz CT molecular complexity index is 907. The standard InChI is InChI=1S/C27H30O3S/c1-28-23-15-11-21(12-16-23)27(20-7-4-3-5-8-20,22-13-17-24(29-2)18-14-22)30-25-9-6-10-26(31)19-25/h3-5,7-8,11-18,25-26,31H,6,9-10,19H2,1-2H3. The number of methoxy groups -OCH3 is 2. The topological polar surface area (TPSA) is 27.7 Å². The Morgan fingerprint density at radius 2 is 1.23 bits per heavy atom. The van der Waals surface area contributed by atoms with Crippen LogP contribution in [0, 0.1) is 0 Å². The van der Waals surface area contributed by atoms with Crippen LogP contribution < -0.4 is 9.47 Å². The molecule has 3 nitrogen and oxygen atoms in total. The molecule has 2 atom stereocenters. The quantitative estimate of drug-likeness (QED) is 0.352. The van der Waals surface area contributed by atoms with Gasteiger partial charge >= 0.3 is 0 Å². The molecule has 3 aromatic rings. The number of hydrogen-bond donors (Lipinski definition) is 1. The van der Waals surface area contributed by atoms with E-state index in [9.17, 15) is 0 Å². The van der Waals surface area contributed by atoms with Crippen LogP contribution in [0.5, 0.6) is 11.5 Å². The molecule has 0 aromatic heterocycles. The van der Waals surface area contributed by atoms with E-state index in [1.807, 2.05) is 30.3 Å². The minimum atomic E-state index is -0.741. The minimum absolute atomic E-state index is 0.126. The molecule has 4 heteroatoms. The molecule has 0 radical (unpaired) electrons. The third kappa shape index (κ3) is 4.60. The second-order valence-corrected chi connectivity index (χ2v) is 8.79. The lowest BCUT2D eigenvalue weighted by molar-refractivity contribution is -0.0612. The first-order valence-corrected chi connectivity index (χ1v) is 11.4. The summed E-state index contributed by atoms with van der Waals surface area (Å²) in [7, 11) is 3.38. The molecule has 1 aliphatic rings. The summed E-state index contributed by atoms with van der Waals surface area (Å²) in [5.74, 6) is 1.65. The normalized spacial score (nSPS) is 19.1. The Morgan fingerprint density at radius 3 is 1.71 bits per heavy atom. The molecule has 0 spiro atoms. The third-order valence-corrected chi connectivity index (χ3v) is 6.58. The summed E-state index contributed by atoms with van der Waals surface area (Å²) in [5.41, 5.74) is 2.51. The molecule has 31 heavy (non-hydrogen) atoms. The number of rotatable bonds is 7. The van der Waals surface area contributed by atoms with E-state index in [-0.39, 0.29) is 6.10 Å². The van der Waals surface area contributed by atoms with Crippen LogP contribution in [-0.2, 0) is 10.3 Å². The van der Waals surface area contributed by atoms with Crippen LogP contribution >= 0.6 is 12.6 Å². The zero-order valence-electron chi connectivity index (χ0n) is 18.2. The largest absolute Gasteiger partial charge is 0.497 e. The Kier molecular flexibility index (Phi) is 6.89. The van der Waals surface area contributed by atoms with Crippen molar-refractivity contribution in [2.45, 2.75) is 42.6 Å². The van der Waals surface area contributed by atoms with E-state index in [0.29, 0.717) is 5.25 Å². The van der Waals surface area contributed by atoms with Gasteiger partial charge in [0.2, 0.25) is 0 Å². The molecular weight excluding hydrogens is 404 g/mol. The lowest BCUT2D eigenvalue weighted by atomic mass is 9.79. The van der Waals surface area contributed by atoms with Gasteiger partial charge in [0.15, 0.2) is 0 Å². The van der Waals surface area contributed by atoms with Crippen LogP contribution in [0.1, 0.15) is 42.4 Å². The van der Waals surface area contributed by atoms with Crippen molar-refractivity contribution in [3.05, 3.63) is 95.6 Å². The molecule has 4 rings (SSSR count). The second-order valence-electron chi connectivity index (χ2n) is 8.06. The van der Waals surface area contributed by atoms with Gasteiger partial charge in [0.1, 0.15) is 17.1 Å². The van der Waals surface area contributed by atoms with E-state index in [1.165, 1.54) is 0 Å². The number of thiol groups is 1. The third-order valence-electron chi connectivity index (χ3n) is 6.12. The summed E-state index contributed by atoms with van der Waals surface area (Å²) in [4.78, 5) is 0.